The number of ether oxygens (including phenoxy) is 2. The molecule has 142 valence electrons. The smallest absolute Gasteiger partial charge is 0.162 e. The van der Waals surface area contributed by atoms with Gasteiger partial charge in [0.05, 0.1) is 25.1 Å². The fraction of sp³-hybridized carbons (Fsp3) is 0.250. The highest BCUT2D eigenvalue weighted by atomic mass is 16.5. The van der Waals surface area contributed by atoms with Crippen LogP contribution in [0, 0.1) is 0 Å². The first-order valence-electron chi connectivity index (χ1n) is 9.71. The fourth-order valence-corrected chi connectivity index (χ4v) is 3.61. The van der Waals surface area contributed by atoms with Crippen LogP contribution in [0.25, 0.3) is 11.6 Å². The highest BCUT2D eigenvalue weighted by Crippen LogP contribution is 2.36. The van der Waals surface area contributed by atoms with Crippen LogP contribution in [0.15, 0.2) is 67.1 Å². The molecule has 4 rings (SSSR count). The molecule has 0 aliphatic heterocycles. The molecule has 0 saturated heterocycles. The molecule has 28 heavy (non-hydrogen) atoms. The van der Waals surface area contributed by atoms with E-state index in [1.807, 2.05) is 24.3 Å². The first kappa shape index (κ1) is 18.2. The molecule has 1 heterocycles. The summed E-state index contributed by atoms with van der Waals surface area (Å²) in [7, 11) is 1.68. The van der Waals surface area contributed by atoms with E-state index in [9.17, 15) is 0 Å². The molecule has 1 aromatic heterocycles. The molecule has 1 fully saturated rings. The molecule has 0 unspecified atom stereocenters. The van der Waals surface area contributed by atoms with E-state index in [0.717, 1.165) is 46.7 Å². The van der Waals surface area contributed by atoms with Crippen LogP contribution in [0.4, 0.5) is 0 Å². The minimum Gasteiger partial charge on any atom is -0.493 e. The van der Waals surface area contributed by atoms with Crippen LogP contribution in [-0.2, 0) is 0 Å². The van der Waals surface area contributed by atoms with Crippen molar-refractivity contribution in [2.75, 3.05) is 7.11 Å². The van der Waals surface area contributed by atoms with Gasteiger partial charge in [-0.3, -0.25) is 9.97 Å². The number of hydrogen-bond donors (Lipinski definition) is 0. The molecule has 3 aromatic rings. The minimum atomic E-state index is 0.272. The predicted molar refractivity (Wildman–Crippen MR) is 111 cm³/mol. The molecule has 1 aliphatic rings. The third-order valence-electron chi connectivity index (χ3n) is 5.03. The number of methoxy groups -OCH3 is 1. The average molecular weight is 372 g/mol. The van der Waals surface area contributed by atoms with Crippen molar-refractivity contribution in [3.63, 3.8) is 0 Å². The van der Waals surface area contributed by atoms with Crippen LogP contribution in [0.2, 0.25) is 0 Å². The molecular weight excluding hydrogens is 348 g/mol. The summed E-state index contributed by atoms with van der Waals surface area (Å²) >= 11 is 0. The summed E-state index contributed by atoms with van der Waals surface area (Å²) in [6, 6.07) is 16.4. The molecular formula is C24H24N2O2. The second-order valence-corrected chi connectivity index (χ2v) is 6.94. The Hall–Kier alpha value is -3.14. The summed E-state index contributed by atoms with van der Waals surface area (Å²) in [6.07, 6.45) is 12.2. The van der Waals surface area contributed by atoms with Crippen molar-refractivity contribution >= 4 is 11.6 Å². The van der Waals surface area contributed by atoms with Crippen LogP contribution in [0.5, 0.6) is 11.5 Å². The lowest BCUT2D eigenvalue weighted by Crippen LogP contribution is -2.11. The van der Waals surface area contributed by atoms with Gasteiger partial charge >= 0.3 is 0 Å². The van der Waals surface area contributed by atoms with Crippen LogP contribution < -0.4 is 9.47 Å². The van der Waals surface area contributed by atoms with Gasteiger partial charge in [0.2, 0.25) is 0 Å². The van der Waals surface area contributed by atoms with E-state index in [4.69, 9.17) is 9.47 Å². The largest absolute Gasteiger partial charge is 0.493 e. The summed E-state index contributed by atoms with van der Waals surface area (Å²) in [5.41, 5.74) is 4.06. The van der Waals surface area contributed by atoms with Crippen molar-refractivity contribution < 1.29 is 9.47 Å². The number of hydrogen-bond acceptors (Lipinski definition) is 4. The molecule has 2 aromatic carbocycles. The van der Waals surface area contributed by atoms with E-state index < -0.39 is 0 Å². The van der Waals surface area contributed by atoms with Gasteiger partial charge in [0.25, 0.3) is 0 Å². The molecule has 0 bridgehead atoms. The Bertz CT molecular complexity index is 933. The summed E-state index contributed by atoms with van der Waals surface area (Å²) in [5, 5.41) is 0. The highest BCUT2D eigenvalue weighted by Gasteiger charge is 2.19. The molecule has 4 nitrogen and oxygen atoms in total. The third kappa shape index (κ3) is 4.22. The number of rotatable bonds is 6. The lowest BCUT2D eigenvalue weighted by molar-refractivity contribution is 0.201. The van der Waals surface area contributed by atoms with Crippen molar-refractivity contribution in [1.82, 2.24) is 9.97 Å². The maximum Gasteiger partial charge on any atom is 0.162 e. The zero-order valence-corrected chi connectivity index (χ0v) is 16.0. The average Bonchev–Trinajstić information content (AvgIpc) is 3.26. The first-order chi connectivity index (χ1) is 13.8. The molecule has 0 N–H and O–H groups in total. The number of aromatic nitrogens is 2. The van der Waals surface area contributed by atoms with Crippen LogP contribution in [0.1, 0.15) is 42.5 Å². The van der Waals surface area contributed by atoms with Crippen molar-refractivity contribution in [1.29, 1.82) is 0 Å². The Balaban J connectivity index is 1.76. The van der Waals surface area contributed by atoms with Crippen molar-refractivity contribution in [3.05, 3.63) is 83.9 Å². The Morgan fingerprint density at radius 3 is 2.50 bits per heavy atom. The van der Waals surface area contributed by atoms with Gasteiger partial charge in [0.15, 0.2) is 11.5 Å². The Kier molecular flexibility index (Phi) is 5.66. The third-order valence-corrected chi connectivity index (χ3v) is 5.03. The molecule has 4 heteroatoms. The maximum atomic E-state index is 6.29. The topological polar surface area (TPSA) is 44.2 Å². The van der Waals surface area contributed by atoms with Gasteiger partial charge in [-0.2, -0.15) is 0 Å². The summed E-state index contributed by atoms with van der Waals surface area (Å²) in [5.74, 6) is 1.57. The predicted octanol–water partition coefficient (Wildman–Crippen LogP) is 5.40. The van der Waals surface area contributed by atoms with Crippen LogP contribution >= 0.6 is 0 Å². The summed E-state index contributed by atoms with van der Waals surface area (Å²) in [6.45, 7) is 0. The zero-order chi connectivity index (χ0) is 19.2. The standard InChI is InChI=1S/C24H24N2O2/c1-27-23-12-11-19(15-24(23)28-21-9-5-6-10-21)22(18-7-3-2-4-8-18)16-20-17-25-13-14-26-20/h2-4,7-8,11-17,21H,5-6,9-10H2,1H3. The van der Waals surface area contributed by atoms with Gasteiger partial charge < -0.3 is 9.47 Å². The molecule has 1 aliphatic carbocycles. The lowest BCUT2D eigenvalue weighted by Gasteiger charge is -2.18. The van der Waals surface area contributed by atoms with Gasteiger partial charge in [-0.15, -0.1) is 0 Å². The van der Waals surface area contributed by atoms with E-state index >= 15 is 0 Å². The SMILES string of the molecule is COc1ccc(C(=Cc2cnccn2)c2ccccc2)cc1OC1CCCC1. The van der Waals surface area contributed by atoms with E-state index in [1.54, 1.807) is 25.7 Å². The van der Waals surface area contributed by atoms with Crippen LogP contribution in [0.3, 0.4) is 0 Å². The minimum absolute atomic E-state index is 0.272. The summed E-state index contributed by atoms with van der Waals surface area (Å²) < 4.78 is 11.8. The van der Waals surface area contributed by atoms with Gasteiger partial charge in [-0.05, 0) is 60.6 Å². The van der Waals surface area contributed by atoms with Crippen molar-refractivity contribution in [2.24, 2.45) is 0 Å². The monoisotopic (exact) mass is 372 g/mol. The van der Waals surface area contributed by atoms with E-state index in [1.165, 1.54) is 12.8 Å². The van der Waals surface area contributed by atoms with Gasteiger partial charge in [0.1, 0.15) is 0 Å². The maximum absolute atomic E-state index is 6.29. The van der Waals surface area contributed by atoms with E-state index in [2.05, 4.69) is 40.3 Å². The van der Waals surface area contributed by atoms with E-state index in [0.29, 0.717) is 0 Å². The molecule has 1 saturated carbocycles. The second kappa shape index (κ2) is 8.70. The second-order valence-electron chi connectivity index (χ2n) is 6.94. The number of nitrogens with zero attached hydrogens (tertiary/aromatic N) is 2. The van der Waals surface area contributed by atoms with Crippen LogP contribution in [-0.4, -0.2) is 23.2 Å². The van der Waals surface area contributed by atoms with Gasteiger partial charge in [0, 0.05) is 12.4 Å². The Labute approximate surface area is 165 Å². The zero-order valence-electron chi connectivity index (χ0n) is 16.0. The van der Waals surface area contributed by atoms with E-state index in [-0.39, 0.29) is 6.10 Å². The lowest BCUT2D eigenvalue weighted by atomic mass is 9.96. The fourth-order valence-electron chi connectivity index (χ4n) is 3.61. The highest BCUT2D eigenvalue weighted by molar-refractivity contribution is 5.91. The number of benzene rings is 2. The quantitative estimate of drug-likeness (QED) is 0.581. The normalized spacial score (nSPS) is 14.8. The molecule has 0 radical (unpaired) electrons. The molecule has 0 spiro atoms. The van der Waals surface area contributed by atoms with Crippen molar-refractivity contribution in [3.8, 4) is 11.5 Å². The molecule has 0 atom stereocenters. The summed E-state index contributed by atoms with van der Waals surface area (Å²) in [4.78, 5) is 8.60. The first-order valence-corrected chi connectivity index (χ1v) is 9.71. The Morgan fingerprint density at radius 2 is 1.79 bits per heavy atom. The van der Waals surface area contributed by atoms with Gasteiger partial charge in [-0.25, -0.2) is 0 Å². The van der Waals surface area contributed by atoms with Gasteiger partial charge in [-0.1, -0.05) is 36.4 Å². The Morgan fingerprint density at radius 1 is 0.964 bits per heavy atom. The van der Waals surface area contributed by atoms with Crippen molar-refractivity contribution in [2.45, 2.75) is 31.8 Å². The molecule has 0 amide bonds.